The molecule has 2 aliphatic heterocycles. The van der Waals surface area contributed by atoms with E-state index in [0.717, 1.165) is 44.9 Å². The maximum absolute atomic E-state index is 12.2. The summed E-state index contributed by atoms with van der Waals surface area (Å²) in [6.45, 7) is 16.0. The van der Waals surface area contributed by atoms with Crippen molar-refractivity contribution in [1.82, 2.24) is 0 Å². The highest BCUT2D eigenvalue weighted by atomic mass is 16.7. The number of carbonyl (C=O) groups is 1. The quantitative estimate of drug-likeness (QED) is 0.218. The Morgan fingerprint density at radius 1 is 0.851 bits per heavy atom. The van der Waals surface area contributed by atoms with Gasteiger partial charge in [0.15, 0.2) is 12.4 Å². The van der Waals surface area contributed by atoms with Gasteiger partial charge in [-0.15, -0.1) is 0 Å². The summed E-state index contributed by atoms with van der Waals surface area (Å²) in [5.74, 6) is -0.368. The van der Waals surface area contributed by atoms with Gasteiger partial charge in [0.1, 0.15) is 12.2 Å². The fourth-order valence-electron chi connectivity index (χ4n) is 13.7. The third-order valence-electron chi connectivity index (χ3n) is 15.8. The average Bonchev–Trinajstić information content (AvgIpc) is 3.30. The van der Waals surface area contributed by atoms with Crippen LogP contribution in [0.2, 0.25) is 0 Å². The van der Waals surface area contributed by atoms with Gasteiger partial charge in [0.05, 0.1) is 42.2 Å². The molecule has 7 fully saturated rings. The zero-order chi connectivity index (χ0) is 34.3. The zero-order valence-corrected chi connectivity index (χ0v) is 29.7. The molecule has 2 heterocycles. The Kier molecular flexibility index (Phi) is 7.80. The van der Waals surface area contributed by atoms with Crippen molar-refractivity contribution in [2.75, 3.05) is 6.61 Å². The van der Waals surface area contributed by atoms with Crippen molar-refractivity contribution >= 4 is 5.97 Å². The molecule has 2 spiro atoms. The van der Waals surface area contributed by atoms with E-state index in [1.807, 2.05) is 13.8 Å². The molecule has 2 saturated heterocycles. The summed E-state index contributed by atoms with van der Waals surface area (Å²) < 4.78 is 24.4. The minimum atomic E-state index is -1.32. The lowest BCUT2D eigenvalue weighted by molar-refractivity contribution is -0.309. The second-order valence-corrected chi connectivity index (χ2v) is 18.8. The van der Waals surface area contributed by atoms with Crippen molar-refractivity contribution in [3.8, 4) is 0 Å². The molecule has 7 rings (SSSR count). The number of aliphatic hydroxyl groups is 5. The summed E-state index contributed by atoms with van der Waals surface area (Å²) in [6, 6.07) is 0. The lowest BCUT2D eigenvalue weighted by atomic mass is 9.41. The van der Waals surface area contributed by atoms with E-state index in [1.54, 1.807) is 0 Å². The molecule has 0 radical (unpaired) electrons. The van der Waals surface area contributed by atoms with E-state index in [1.165, 1.54) is 6.92 Å². The van der Waals surface area contributed by atoms with E-state index < -0.39 is 59.4 Å². The summed E-state index contributed by atoms with van der Waals surface area (Å²) >= 11 is 0. The van der Waals surface area contributed by atoms with Crippen LogP contribution in [-0.2, 0) is 23.7 Å². The Bertz CT molecular complexity index is 1270. The van der Waals surface area contributed by atoms with E-state index >= 15 is 0 Å². The van der Waals surface area contributed by atoms with Crippen LogP contribution in [0.3, 0.4) is 0 Å². The molecule has 0 aromatic carbocycles. The van der Waals surface area contributed by atoms with Gasteiger partial charge in [-0.3, -0.25) is 4.79 Å². The van der Waals surface area contributed by atoms with Crippen LogP contribution in [0, 0.1) is 44.8 Å². The fraction of sp³-hybridized carbons (Fsp3) is 0.973. The van der Waals surface area contributed by atoms with Crippen LogP contribution in [0.15, 0.2) is 0 Å². The van der Waals surface area contributed by atoms with Gasteiger partial charge < -0.3 is 44.5 Å². The van der Waals surface area contributed by atoms with Crippen LogP contribution in [0.4, 0.5) is 0 Å². The number of carbonyl (C=O) groups excluding carboxylic acids is 1. The van der Waals surface area contributed by atoms with Crippen molar-refractivity contribution in [2.45, 2.75) is 173 Å². The summed E-state index contributed by atoms with van der Waals surface area (Å²) in [5, 5.41) is 55.8. The summed E-state index contributed by atoms with van der Waals surface area (Å²) in [4.78, 5) is 11.9. The molecule has 0 amide bonds. The highest BCUT2D eigenvalue weighted by Crippen LogP contribution is 2.89. The molecule has 47 heavy (non-hydrogen) atoms. The van der Waals surface area contributed by atoms with Crippen molar-refractivity contribution in [3.05, 3.63) is 0 Å². The van der Waals surface area contributed by atoms with E-state index in [-0.39, 0.29) is 58.2 Å². The van der Waals surface area contributed by atoms with Crippen molar-refractivity contribution in [2.24, 2.45) is 44.8 Å². The van der Waals surface area contributed by atoms with Crippen LogP contribution in [0.25, 0.3) is 0 Å². The number of esters is 1. The van der Waals surface area contributed by atoms with Gasteiger partial charge in [0.25, 0.3) is 0 Å². The first kappa shape index (κ1) is 34.6. The Morgan fingerprint density at radius 3 is 2.19 bits per heavy atom. The average molecular weight is 665 g/mol. The highest BCUT2D eigenvalue weighted by Gasteiger charge is 2.85. The molecule has 268 valence electrons. The van der Waals surface area contributed by atoms with Gasteiger partial charge in [-0.2, -0.15) is 0 Å². The van der Waals surface area contributed by atoms with E-state index in [9.17, 15) is 30.3 Å². The van der Waals surface area contributed by atoms with Crippen LogP contribution < -0.4 is 0 Å². The molecule has 5 N–H and O–H groups in total. The molecule has 5 unspecified atom stereocenters. The van der Waals surface area contributed by atoms with E-state index in [0.29, 0.717) is 12.8 Å². The fourth-order valence-corrected chi connectivity index (χ4v) is 13.7. The lowest BCUT2D eigenvalue weighted by Gasteiger charge is -2.64. The third-order valence-corrected chi connectivity index (χ3v) is 15.8. The van der Waals surface area contributed by atoms with Gasteiger partial charge >= 0.3 is 5.97 Å². The molecule has 10 nitrogen and oxygen atoms in total. The first-order valence-electron chi connectivity index (χ1n) is 18.2. The standard InChI is InChI=1S/C37H60O10/c1-19(38)45-27-26(42)22(41)17-44-30(27)46-24-10-12-37-18-36(37)14-13-33(6)29(35(8)11-9-25(47-35)32(4,5)43)21(40)16-34(33,7)23(36)15-20(39)28(37)31(24,2)3/h20-30,39-43H,9-18H2,1-8H3/t20-,21-,22+,23?,24?,25-,26-,27+,28?,29?,30-,33+,34-,35?,36-,37+/m0/s1. The second-order valence-electron chi connectivity index (χ2n) is 18.8. The van der Waals surface area contributed by atoms with Gasteiger partial charge in [0, 0.05) is 12.8 Å². The Hall–Kier alpha value is -0.850. The minimum absolute atomic E-state index is 0.00501. The SMILES string of the molecule is CC(=O)O[C@H]1[C@H](OC2CC[C@]34C[C@]35CC[C@]3(C)C(C6(C)CC[C@@H](C(C)(C)O)O6)[C@@H](O)C[C@@]3(C)C5C[C@H](O)C4C2(C)C)OC[C@@H](O)[C@@H]1O. The van der Waals surface area contributed by atoms with E-state index in [4.69, 9.17) is 18.9 Å². The minimum Gasteiger partial charge on any atom is -0.454 e. The van der Waals surface area contributed by atoms with Gasteiger partial charge in [-0.1, -0.05) is 27.7 Å². The molecule has 0 aromatic heterocycles. The molecule has 5 saturated carbocycles. The monoisotopic (exact) mass is 664 g/mol. The first-order chi connectivity index (χ1) is 21.7. The molecule has 0 bridgehead atoms. The second kappa shape index (κ2) is 10.6. The van der Waals surface area contributed by atoms with Crippen LogP contribution in [0.5, 0.6) is 0 Å². The summed E-state index contributed by atoms with van der Waals surface area (Å²) in [6.07, 6.45) is 1.48. The Morgan fingerprint density at radius 2 is 1.55 bits per heavy atom. The molecular weight excluding hydrogens is 604 g/mol. The van der Waals surface area contributed by atoms with Gasteiger partial charge in [-0.05, 0) is 117 Å². The van der Waals surface area contributed by atoms with Crippen molar-refractivity contribution in [1.29, 1.82) is 0 Å². The first-order valence-corrected chi connectivity index (χ1v) is 18.2. The molecule has 7 aliphatic rings. The predicted molar refractivity (Wildman–Crippen MR) is 171 cm³/mol. The Labute approximate surface area is 279 Å². The smallest absolute Gasteiger partial charge is 0.303 e. The molecule has 16 atom stereocenters. The van der Waals surface area contributed by atoms with Gasteiger partial charge in [-0.25, -0.2) is 0 Å². The largest absolute Gasteiger partial charge is 0.454 e. The molecule has 0 aromatic rings. The third kappa shape index (κ3) is 4.60. The topological polar surface area (TPSA) is 155 Å². The Balaban J connectivity index is 1.15. The number of fused-ring (bicyclic) bond motifs is 2. The molecule has 10 heteroatoms. The zero-order valence-electron chi connectivity index (χ0n) is 29.7. The van der Waals surface area contributed by atoms with Gasteiger partial charge in [0.2, 0.25) is 0 Å². The summed E-state index contributed by atoms with van der Waals surface area (Å²) in [5.41, 5.74) is -2.18. The molecule has 5 aliphatic carbocycles. The maximum Gasteiger partial charge on any atom is 0.303 e. The van der Waals surface area contributed by atoms with E-state index in [2.05, 4.69) is 34.6 Å². The van der Waals surface area contributed by atoms with Crippen LogP contribution >= 0.6 is 0 Å². The number of aliphatic hydroxyl groups excluding tert-OH is 4. The lowest BCUT2D eigenvalue weighted by Crippen LogP contribution is -2.63. The number of ether oxygens (including phenoxy) is 4. The maximum atomic E-state index is 12.2. The predicted octanol–water partition coefficient (Wildman–Crippen LogP) is 3.47. The highest BCUT2D eigenvalue weighted by molar-refractivity contribution is 5.66. The van der Waals surface area contributed by atoms with Crippen LogP contribution in [0.1, 0.15) is 113 Å². The number of hydrogen-bond acceptors (Lipinski definition) is 10. The normalized spacial score (nSPS) is 56.6. The molecular formula is C37H60O10. The van der Waals surface area contributed by atoms with Crippen molar-refractivity contribution in [3.63, 3.8) is 0 Å². The van der Waals surface area contributed by atoms with Crippen LogP contribution in [-0.4, -0.2) is 98.3 Å². The van der Waals surface area contributed by atoms with Crippen molar-refractivity contribution < 1.29 is 49.3 Å². The summed E-state index contributed by atoms with van der Waals surface area (Å²) in [7, 11) is 0. The number of hydrogen-bond donors (Lipinski definition) is 5. The number of rotatable bonds is 5.